The van der Waals surface area contributed by atoms with Crippen molar-refractivity contribution in [3.8, 4) is 0 Å². The van der Waals surface area contributed by atoms with Gasteiger partial charge in [0, 0.05) is 6.04 Å². The van der Waals surface area contributed by atoms with E-state index < -0.39 is 0 Å². The summed E-state index contributed by atoms with van der Waals surface area (Å²) in [4.78, 5) is 0. The molecule has 0 fully saturated rings. The number of hydrogen-bond acceptors (Lipinski definition) is 2. The minimum absolute atomic E-state index is 0.337. The zero-order valence-electron chi connectivity index (χ0n) is 13.2. The molecule has 18 heavy (non-hydrogen) atoms. The molecule has 1 unspecified atom stereocenters. The lowest BCUT2D eigenvalue weighted by Crippen LogP contribution is -2.25. The van der Waals surface area contributed by atoms with Gasteiger partial charge in [0.15, 0.2) is 0 Å². The fourth-order valence-electron chi connectivity index (χ4n) is 2.13. The molecule has 0 radical (unpaired) electrons. The van der Waals surface area contributed by atoms with Gasteiger partial charge in [-0.25, -0.2) is 0 Å². The standard InChI is InChI=1S/C16H36N2/c1-14(2)15(18)11-9-7-5-6-8-10-12-16(3,4)13-17/h14-15H,5-13,17-18H2,1-4H3. The molecule has 0 aliphatic rings. The molecule has 0 aromatic heterocycles. The number of rotatable bonds is 11. The monoisotopic (exact) mass is 256 g/mol. The summed E-state index contributed by atoms with van der Waals surface area (Å²) >= 11 is 0. The van der Waals surface area contributed by atoms with Crippen LogP contribution in [0.25, 0.3) is 0 Å². The van der Waals surface area contributed by atoms with Crippen molar-refractivity contribution in [1.29, 1.82) is 0 Å². The first-order chi connectivity index (χ1) is 8.39. The summed E-state index contributed by atoms with van der Waals surface area (Å²) in [6, 6.07) is 0.398. The Hall–Kier alpha value is -0.0800. The van der Waals surface area contributed by atoms with Crippen molar-refractivity contribution in [3.05, 3.63) is 0 Å². The Morgan fingerprint density at radius 3 is 1.89 bits per heavy atom. The van der Waals surface area contributed by atoms with Crippen LogP contribution in [-0.2, 0) is 0 Å². The zero-order chi connectivity index (χ0) is 14.0. The maximum Gasteiger partial charge on any atom is 0.00618 e. The van der Waals surface area contributed by atoms with E-state index in [1.165, 1.54) is 51.4 Å². The quantitative estimate of drug-likeness (QED) is 0.547. The summed E-state index contributed by atoms with van der Waals surface area (Å²) in [5.41, 5.74) is 12.1. The van der Waals surface area contributed by atoms with E-state index in [0.717, 1.165) is 6.54 Å². The van der Waals surface area contributed by atoms with Crippen LogP contribution in [-0.4, -0.2) is 12.6 Å². The second kappa shape index (κ2) is 9.80. The lowest BCUT2D eigenvalue weighted by atomic mass is 9.87. The first-order valence-electron chi connectivity index (χ1n) is 7.84. The van der Waals surface area contributed by atoms with Gasteiger partial charge in [-0.3, -0.25) is 0 Å². The van der Waals surface area contributed by atoms with E-state index in [0.29, 0.717) is 17.4 Å². The highest BCUT2D eigenvalue weighted by atomic mass is 14.6. The minimum Gasteiger partial charge on any atom is -0.330 e. The molecule has 4 N–H and O–H groups in total. The molecule has 1 atom stereocenters. The smallest absolute Gasteiger partial charge is 0.00618 e. The van der Waals surface area contributed by atoms with Gasteiger partial charge in [0.2, 0.25) is 0 Å². The summed E-state index contributed by atoms with van der Waals surface area (Å²) in [6.45, 7) is 9.76. The predicted molar refractivity (Wildman–Crippen MR) is 82.6 cm³/mol. The van der Waals surface area contributed by atoms with E-state index in [9.17, 15) is 0 Å². The maximum absolute atomic E-state index is 6.03. The third-order valence-corrected chi connectivity index (χ3v) is 4.05. The Balaban J connectivity index is 3.27. The minimum atomic E-state index is 0.337. The van der Waals surface area contributed by atoms with Crippen molar-refractivity contribution >= 4 is 0 Å². The van der Waals surface area contributed by atoms with Gasteiger partial charge in [-0.05, 0) is 30.7 Å². The molecule has 0 saturated carbocycles. The Kier molecular flexibility index (Phi) is 9.76. The molecule has 0 spiro atoms. The third-order valence-electron chi connectivity index (χ3n) is 4.05. The molecule has 0 saturated heterocycles. The van der Waals surface area contributed by atoms with Gasteiger partial charge in [-0.15, -0.1) is 0 Å². The molecule has 0 bridgehead atoms. The van der Waals surface area contributed by atoms with Gasteiger partial charge in [-0.2, -0.15) is 0 Å². The van der Waals surface area contributed by atoms with Gasteiger partial charge < -0.3 is 11.5 Å². The molecule has 110 valence electrons. The Labute approximate surface area is 115 Å². The van der Waals surface area contributed by atoms with E-state index in [1.807, 2.05) is 0 Å². The summed E-state index contributed by atoms with van der Waals surface area (Å²) in [5.74, 6) is 0.628. The maximum atomic E-state index is 6.03. The van der Waals surface area contributed by atoms with E-state index >= 15 is 0 Å². The lowest BCUT2D eigenvalue weighted by Gasteiger charge is -2.21. The molecule has 0 aliphatic heterocycles. The van der Waals surface area contributed by atoms with E-state index in [1.54, 1.807) is 0 Å². The second-order valence-corrected chi connectivity index (χ2v) is 6.94. The second-order valence-electron chi connectivity index (χ2n) is 6.94. The normalized spacial score (nSPS) is 14.2. The van der Waals surface area contributed by atoms with Crippen LogP contribution in [0.5, 0.6) is 0 Å². The number of hydrogen-bond donors (Lipinski definition) is 2. The fraction of sp³-hybridized carbons (Fsp3) is 1.00. The van der Waals surface area contributed by atoms with Crippen molar-refractivity contribution in [2.75, 3.05) is 6.54 Å². The van der Waals surface area contributed by atoms with Crippen LogP contribution in [0.1, 0.15) is 79.1 Å². The van der Waals surface area contributed by atoms with Crippen LogP contribution in [0.15, 0.2) is 0 Å². The van der Waals surface area contributed by atoms with Crippen LogP contribution >= 0.6 is 0 Å². The molecular formula is C16H36N2. The predicted octanol–water partition coefficient (Wildman–Crippen LogP) is 4.08. The fourth-order valence-corrected chi connectivity index (χ4v) is 2.13. The SMILES string of the molecule is CC(C)C(N)CCCCCCCCC(C)(C)CN. The highest BCUT2D eigenvalue weighted by molar-refractivity contribution is 4.69. The molecule has 0 heterocycles. The van der Waals surface area contributed by atoms with Crippen molar-refractivity contribution < 1.29 is 0 Å². The molecule has 0 aromatic carbocycles. The zero-order valence-corrected chi connectivity index (χ0v) is 13.2. The summed E-state index contributed by atoms with van der Waals surface area (Å²) < 4.78 is 0. The largest absolute Gasteiger partial charge is 0.330 e. The van der Waals surface area contributed by atoms with Gasteiger partial charge in [0.1, 0.15) is 0 Å². The molecule has 2 nitrogen and oxygen atoms in total. The van der Waals surface area contributed by atoms with Gasteiger partial charge in [0.25, 0.3) is 0 Å². The molecule has 2 heteroatoms. The third kappa shape index (κ3) is 9.90. The summed E-state index contributed by atoms with van der Waals surface area (Å²) in [5, 5.41) is 0. The highest BCUT2D eigenvalue weighted by Crippen LogP contribution is 2.22. The first-order valence-corrected chi connectivity index (χ1v) is 7.84. The highest BCUT2D eigenvalue weighted by Gasteiger charge is 2.14. The topological polar surface area (TPSA) is 52.0 Å². The van der Waals surface area contributed by atoms with Crippen LogP contribution in [0.3, 0.4) is 0 Å². The summed E-state index contributed by atoms with van der Waals surface area (Å²) in [6.07, 6.45) is 10.5. The van der Waals surface area contributed by atoms with Crippen molar-refractivity contribution in [1.82, 2.24) is 0 Å². The van der Waals surface area contributed by atoms with Crippen molar-refractivity contribution in [2.24, 2.45) is 22.8 Å². The average Bonchev–Trinajstić information content (AvgIpc) is 2.32. The molecule has 0 amide bonds. The van der Waals surface area contributed by atoms with Crippen LogP contribution in [0, 0.1) is 11.3 Å². The van der Waals surface area contributed by atoms with Crippen LogP contribution in [0.4, 0.5) is 0 Å². The molecular weight excluding hydrogens is 220 g/mol. The summed E-state index contributed by atoms with van der Waals surface area (Å²) in [7, 11) is 0. The van der Waals surface area contributed by atoms with Gasteiger partial charge >= 0.3 is 0 Å². The Bertz CT molecular complexity index is 188. The van der Waals surface area contributed by atoms with E-state index in [-0.39, 0.29) is 0 Å². The van der Waals surface area contributed by atoms with Crippen LogP contribution < -0.4 is 11.5 Å². The van der Waals surface area contributed by atoms with Crippen molar-refractivity contribution in [3.63, 3.8) is 0 Å². The van der Waals surface area contributed by atoms with E-state index in [4.69, 9.17) is 11.5 Å². The molecule has 0 rings (SSSR count). The van der Waals surface area contributed by atoms with Gasteiger partial charge in [0.05, 0.1) is 0 Å². The van der Waals surface area contributed by atoms with Crippen molar-refractivity contribution in [2.45, 2.75) is 85.1 Å². The average molecular weight is 256 g/mol. The Morgan fingerprint density at radius 1 is 0.889 bits per heavy atom. The molecule has 0 aromatic rings. The lowest BCUT2D eigenvalue weighted by molar-refractivity contribution is 0.330. The number of unbranched alkanes of at least 4 members (excludes halogenated alkanes) is 5. The Morgan fingerprint density at radius 2 is 1.39 bits per heavy atom. The molecule has 0 aliphatic carbocycles. The number of nitrogens with two attached hydrogens (primary N) is 2. The van der Waals surface area contributed by atoms with Gasteiger partial charge in [-0.1, -0.05) is 66.2 Å². The van der Waals surface area contributed by atoms with E-state index in [2.05, 4.69) is 27.7 Å². The van der Waals surface area contributed by atoms with Crippen LogP contribution in [0.2, 0.25) is 0 Å². The first kappa shape index (κ1) is 17.9.